The van der Waals surface area contributed by atoms with Crippen LogP contribution in [-0.4, -0.2) is 59.5 Å². The van der Waals surface area contributed by atoms with Crippen LogP contribution in [0.2, 0.25) is 0 Å². The summed E-state index contributed by atoms with van der Waals surface area (Å²) in [6.07, 6.45) is 3.87. The van der Waals surface area contributed by atoms with Crippen LogP contribution in [0.3, 0.4) is 0 Å². The second-order valence-corrected chi connectivity index (χ2v) is 11.1. The number of H-pyrrole nitrogens is 1. The lowest BCUT2D eigenvalue weighted by Crippen LogP contribution is -2.75. The summed E-state index contributed by atoms with van der Waals surface area (Å²) in [6.45, 7) is 5.67. The molecule has 8 nitrogen and oxygen atoms in total. The number of aromatic nitrogens is 3. The number of piperidine rings is 1. The largest absolute Gasteiger partial charge is 0.504 e. The molecule has 1 aliphatic heterocycles. The molecule has 2 bridgehead atoms. The molecule has 3 heterocycles. The zero-order chi connectivity index (χ0) is 23.6. The summed E-state index contributed by atoms with van der Waals surface area (Å²) in [7, 11) is 0. The smallest absolute Gasteiger partial charge is 0.277 e. The number of aromatic amines is 1. The highest BCUT2D eigenvalue weighted by atomic mass is 16.3. The molecule has 8 heteroatoms. The van der Waals surface area contributed by atoms with Crippen LogP contribution in [0.4, 0.5) is 0 Å². The van der Waals surface area contributed by atoms with Crippen LogP contribution in [0, 0.1) is 12.8 Å². The second kappa shape index (κ2) is 6.43. The van der Waals surface area contributed by atoms with E-state index in [0.717, 1.165) is 30.0 Å². The number of nitrogens with one attached hydrogen (secondary N) is 1. The lowest BCUT2D eigenvalue weighted by Gasteiger charge is -2.65. The number of benzene rings is 1. The Morgan fingerprint density at radius 3 is 2.82 bits per heavy atom. The number of rotatable bonds is 2. The molecule has 1 saturated heterocycles. The maximum atomic E-state index is 13.6. The van der Waals surface area contributed by atoms with Crippen molar-refractivity contribution in [1.82, 2.24) is 19.5 Å². The summed E-state index contributed by atoms with van der Waals surface area (Å²) in [4.78, 5) is 19.4. The molecule has 1 aromatic carbocycles. The van der Waals surface area contributed by atoms with Crippen molar-refractivity contribution in [2.45, 2.75) is 68.9 Å². The molecule has 3 aromatic rings. The van der Waals surface area contributed by atoms with Crippen LogP contribution in [0.15, 0.2) is 23.0 Å². The molecule has 178 valence electrons. The highest BCUT2D eigenvalue weighted by Gasteiger charge is 2.68. The number of likely N-dealkylation sites (tertiary alicyclic amines) is 1. The van der Waals surface area contributed by atoms with Crippen molar-refractivity contribution < 1.29 is 15.3 Å². The van der Waals surface area contributed by atoms with Crippen molar-refractivity contribution in [2.75, 3.05) is 13.1 Å². The van der Waals surface area contributed by atoms with Crippen LogP contribution in [0.5, 0.6) is 11.5 Å². The van der Waals surface area contributed by atoms with Gasteiger partial charge in [0.25, 0.3) is 5.56 Å². The summed E-state index contributed by atoms with van der Waals surface area (Å²) >= 11 is 0. The predicted octanol–water partition coefficient (Wildman–Crippen LogP) is 2.11. The van der Waals surface area contributed by atoms with Crippen LogP contribution < -0.4 is 5.56 Å². The number of nitrogens with zero attached hydrogens (tertiary/aromatic N) is 3. The molecule has 4 atom stereocenters. The van der Waals surface area contributed by atoms with Gasteiger partial charge in [-0.1, -0.05) is 13.0 Å². The number of phenolic OH excluding ortho intramolecular Hbond substituents is 2. The molecule has 2 aromatic heterocycles. The van der Waals surface area contributed by atoms with E-state index in [2.05, 4.69) is 15.0 Å². The zero-order valence-electron chi connectivity index (χ0n) is 19.5. The van der Waals surface area contributed by atoms with Gasteiger partial charge in [-0.25, -0.2) is 0 Å². The standard InChI is InChI=1S/C26H30N4O4/c1-13-9-20-27-22-14(2)25-7-8-29(12-15-3-4-15)19(10-16-5-6-18(31)23(32)21(16)25)26(25,34)11-17(22)24(33)30(20)28-13/h5-6,9,14-15,19,27,31-32,34H,3-4,7-8,10-12H2,1-2H3/t14-,19+,25+,26+/m0/s1. The fourth-order valence-electron chi connectivity index (χ4n) is 7.62. The van der Waals surface area contributed by atoms with Crippen molar-refractivity contribution in [3.05, 3.63) is 56.6 Å². The molecule has 4 aliphatic rings. The minimum absolute atomic E-state index is 0.135. The minimum Gasteiger partial charge on any atom is -0.504 e. The summed E-state index contributed by atoms with van der Waals surface area (Å²) in [6, 6.07) is 5.14. The summed E-state index contributed by atoms with van der Waals surface area (Å²) in [5.74, 6) is 0.104. The lowest BCUT2D eigenvalue weighted by molar-refractivity contribution is -0.160. The summed E-state index contributed by atoms with van der Waals surface area (Å²) < 4.78 is 1.40. The molecular weight excluding hydrogens is 432 g/mol. The second-order valence-electron chi connectivity index (χ2n) is 11.1. The third kappa shape index (κ3) is 2.35. The Balaban J connectivity index is 1.52. The molecule has 0 amide bonds. The van der Waals surface area contributed by atoms with Crippen molar-refractivity contribution in [2.24, 2.45) is 5.92 Å². The molecule has 34 heavy (non-hydrogen) atoms. The average Bonchev–Trinajstić information content (AvgIpc) is 3.53. The predicted molar refractivity (Wildman–Crippen MR) is 125 cm³/mol. The van der Waals surface area contributed by atoms with Gasteiger partial charge in [-0.15, -0.1) is 0 Å². The SMILES string of the molecule is Cc1cc2[nH]c3c(c(=O)n2n1)C[C@@]1(O)[C@H]2Cc4ccc(O)c(O)c4[C@@]1(CCN2CC1CC1)[C@H]3C. The third-order valence-electron chi connectivity index (χ3n) is 9.34. The molecule has 1 saturated carbocycles. The van der Waals surface area contributed by atoms with Crippen LogP contribution in [0.1, 0.15) is 60.2 Å². The highest BCUT2D eigenvalue weighted by molar-refractivity contribution is 5.61. The van der Waals surface area contributed by atoms with E-state index in [1.807, 2.05) is 26.0 Å². The number of fused-ring (bicyclic) bond motifs is 3. The van der Waals surface area contributed by atoms with Crippen LogP contribution >= 0.6 is 0 Å². The van der Waals surface area contributed by atoms with Crippen molar-refractivity contribution in [3.63, 3.8) is 0 Å². The van der Waals surface area contributed by atoms with Gasteiger partial charge in [0.15, 0.2) is 11.5 Å². The number of hydrogen-bond donors (Lipinski definition) is 4. The Labute approximate surface area is 196 Å². The summed E-state index contributed by atoms with van der Waals surface area (Å²) in [5, 5.41) is 38.7. The molecule has 2 fully saturated rings. The molecular formula is C26H30N4O4. The zero-order valence-corrected chi connectivity index (χ0v) is 19.5. The van der Waals surface area contributed by atoms with Gasteiger partial charge in [0.1, 0.15) is 5.65 Å². The maximum Gasteiger partial charge on any atom is 0.277 e. The van der Waals surface area contributed by atoms with E-state index in [9.17, 15) is 20.1 Å². The van der Waals surface area contributed by atoms with Gasteiger partial charge in [0.05, 0.1) is 11.3 Å². The first-order valence-corrected chi connectivity index (χ1v) is 12.4. The monoisotopic (exact) mass is 462 g/mol. The quantitative estimate of drug-likeness (QED) is 0.434. The van der Waals surface area contributed by atoms with Gasteiger partial charge >= 0.3 is 0 Å². The fourth-order valence-corrected chi connectivity index (χ4v) is 7.62. The Morgan fingerprint density at radius 2 is 2.06 bits per heavy atom. The summed E-state index contributed by atoms with van der Waals surface area (Å²) in [5.41, 5.74) is 2.11. The van der Waals surface area contributed by atoms with Crippen molar-refractivity contribution in [3.8, 4) is 11.5 Å². The maximum absolute atomic E-state index is 13.6. The first-order chi connectivity index (χ1) is 16.2. The van der Waals surface area contributed by atoms with Crippen LogP contribution in [0.25, 0.3) is 5.65 Å². The van der Waals surface area contributed by atoms with Gasteiger partial charge in [-0.3, -0.25) is 9.69 Å². The van der Waals surface area contributed by atoms with Gasteiger partial charge in [0, 0.05) is 53.2 Å². The van der Waals surface area contributed by atoms with E-state index in [-0.39, 0.29) is 35.4 Å². The highest BCUT2D eigenvalue weighted by Crippen LogP contribution is 2.63. The van der Waals surface area contributed by atoms with Gasteiger partial charge < -0.3 is 20.3 Å². The molecule has 0 spiro atoms. The number of aryl methyl sites for hydroxylation is 1. The first-order valence-electron chi connectivity index (χ1n) is 12.4. The first kappa shape index (κ1) is 20.5. The number of aliphatic hydroxyl groups is 1. The normalized spacial score (nSPS) is 32.3. The number of phenols is 2. The Bertz CT molecular complexity index is 1420. The Morgan fingerprint density at radius 1 is 1.26 bits per heavy atom. The van der Waals surface area contributed by atoms with Gasteiger partial charge in [-0.2, -0.15) is 9.61 Å². The van der Waals surface area contributed by atoms with E-state index in [0.29, 0.717) is 35.5 Å². The lowest BCUT2D eigenvalue weighted by atomic mass is 9.46. The molecule has 7 rings (SSSR count). The van der Waals surface area contributed by atoms with E-state index in [1.54, 1.807) is 6.07 Å². The topological polar surface area (TPSA) is 114 Å². The fraction of sp³-hybridized carbons (Fsp3) is 0.538. The Kier molecular flexibility index (Phi) is 3.88. The molecule has 3 aliphatic carbocycles. The Hall–Kier alpha value is -2.84. The number of aromatic hydroxyl groups is 2. The molecule has 0 unspecified atom stereocenters. The van der Waals surface area contributed by atoms with Crippen molar-refractivity contribution in [1.29, 1.82) is 0 Å². The average molecular weight is 463 g/mol. The molecule has 0 radical (unpaired) electrons. The van der Waals surface area contributed by atoms with E-state index in [1.165, 1.54) is 17.4 Å². The third-order valence-corrected chi connectivity index (χ3v) is 9.34. The van der Waals surface area contributed by atoms with Crippen LogP contribution in [-0.2, 0) is 18.3 Å². The molecule has 4 N–H and O–H groups in total. The van der Waals surface area contributed by atoms with E-state index < -0.39 is 11.0 Å². The minimum atomic E-state index is -1.26. The van der Waals surface area contributed by atoms with Crippen molar-refractivity contribution >= 4 is 5.65 Å². The van der Waals surface area contributed by atoms with E-state index in [4.69, 9.17) is 0 Å². The van der Waals surface area contributed by atoms with Gasteiger partial charge in [0.2, 0.25) is 0 Å². The van der Waals surface area contributed by atoms with Gasteiger partial charge in [-0.05, 0) is 56.7 Å². The number of hydrogen-bond acceptors (Lipinski definition) is 6. The van der Waals surface area contributed by atoms with E-state index >= 15 is 0 Å².